The number of rotatable bonds is 5. The van der Waals surface area contributed by atoms with E-state index in [9.17, 15) is 9.59 Å². The maximum atomic E-state index is 12.3. The van der Waals surface area contributed by atoms with Crippen LogP contribution in [0.3, 0.4) is 0 Å². The molecule has 26 heavy (non-hydrogen) atoms. The molecule has 2 amide bonds. The maximum Gasteiger partial charge on any atom is 0.228 e. The van der Waals surface area contributed by atoms with Crippen molar-refractivity contribution in [1.29, 1.82) is 0 Å². The molecule has 0 bridgehead atoms. The number of hydrogen-bond acceptors (Lipinski definition) is 4. The minimum atomic E-state index is -0.146. The highest BCUT2D eigenvalue weighted by atomic mass is 32.1. The molecule has 1 aromatic heterocycles. The Labute approximate surface area is 156 Å². The summed E-state index contributed by atoms with van der Waals surface area (Å²) in [6.45, 7) is 5.73. The van der Waals surface area contributed by atoms with Gasteiger partial charge in [0.05, 0.1) is 16.6 Å². The number of anilines is 2. The van der Waals surface area contributed by atoms with Crippen molar-refractivity contribution in [3.8, 4) is 0 Å². The Balaban J connectivity index is 1.67. The Kier molecular flexibility index (Phi) is 5.32. The number of nitrogens with zero attached hydrogens (tertiary/aromatic N) is 1. The van der Waals surface area contributed by atoms with Gasteiger partial charge in [-0.1, -0.05) is 43.4 Å². The lowest BCUT2D eigenvalue weighted by molar-refractivity contribution is -0.116. The molecular weight excluding hydrogens is 346 g/mol. The number of thiazole rings is 1. The van der Waals surface area contributed by atoms with Gasteiger partial charge in [0.1, 0.15) is 0 Å². The van der Waals surface area contributed by atoms with Gasteiger partial charge in [-0.05, 0) is 41.3 Å². The van der Waals surface area contributed by atoms with E-state index < -0.39 is 0 Å². The van der Waals surface area contributed by atoms with Crippen LogP contribution in [0.1, 0.15) is 37.8 Å². The summed E-state index contributed by atoms with van der Waals surface area (Å²) in [5, 5.41) is 6.19. The monoisotopic (exact) mass is 367 g/mol. The van der Waals surface area contributed by atoms with Crippen LogP contribution in [0, 0.1) is 0 Å². The number of amides is 2. The van der Waals surface area contributed by atoms with Gasteiger partial charge in [0.25, 0.3) is 0 Å². The normalized spacial score (nSPS) is 10.9. The molecule has 0 saturated carbocycles. The quantitative estimate of drug-likeness (QED) is 0.694. The number of benzene rings is 2. The van der Waals surface area contributed by atoms with Gasteiger partial charge in [0.15, 0.2) is 5.13 Å². The van der Waals surface area contributed by atoms with Crippen LogP contribution in [0.4, 0.5) is 10.8 Å². The lowest BCUT2D eigenvalue weighted by atomic mass is 10.0. The molecule has 0 saturated heterocycles. The molecule has 1 heterocycles. The summed E-state index contributed by atoms with van der Waals surface area (Å²) in [5.74, 6) is 0.258. The van der Waals surface area contributed by atoms with E-state index in [1.807, 2.05) is 42.5 Å². The number of carbonyl (C=O) groups is 2. The van der Waals surface area contributed by atoms with E-state index in [0.29, 0.717) is 11.0 Å². The highest BCUT2D eigenvalue weighted by Crippen LogP contribution is 2.27. The van der Waals surface area contributed by atoms with Crippen molar-refractivity contribution in [2.45, 2.75) is 33.1 Å². The minimum Gasteiger partial charge on any atom is -0.326 e. The zero-order chi connectivity index (χ0) is 18.7. The molecule has 0 fully saturated rings. The van der Waals surface area contributed by atoms with Gasteiger partial charge in [0.2, 0.25) is 11.8 Å². The first-order valence-electron chi connectivity index (χ1n) is 8.47. The summed E-state index contributed by atoms with van der Waals surface area (Å²) in [5.41, 5.74) is 3.76. The smallest absolute Gasteiger partial charge is 0.228 e. The predicted molar refractivity (Wildman–Crippen MR) is 107 cm³/mol. The van der Waals surface area contributed by atoms with E-state index in [0.717, 1.165) is 21.5 Å². The lowest BCUT2D eigenvalue weighted by Gasteiger charge is -2.08. The molecule has 134 valence electrons. The molecule has 3 aromatic rings. The van der Waals surface area contributed by atoms with Crippen LogP contribution in [-0.4, -0.2) is 16.8 Å². The van der Waals surface area contributed by atoms with Crippen molar-refractivity contribution < 1.29 is 9.59 Å². The second kappa shape index (κ2) is 7.66. The fourth-order valence-corrected chi connectivity index (χ4v) is 3.60. The molecule has 3 rings (SSSR count). The van der Waals surface area contributed by atoms with Crippen molar-refractivity contribution in [3.63, 3.8) is 0 Å². The van der Waals surface area contributed by atoms with Crippen molar-refractivity contribution in [2.24, 2.45) is 0 Å². The van der Waals surface area contributed by atoms with Gasteiger partial charge < -0.3 is 10.6 Å². The highest BCUT2D eigenvalue weighted by Gasteiger charge is 2.09. The van der Waals surface area contributed by atoms with E-state index in [4.69, 9.17) is 0 Å². The lowest BCUT2D eigenvalue weighted by Crippen LogP contribution is -2.14. The molecule has 0 aliphatic heterocycles. The standard InChI is InChI=1S/C20H21N3O2S/c1-12(2)15-5-7-16(8-6-15)22-19(25)11-14-4-9-17-18(10-14)26-20(23-17)21-13(3)24/h4-10,12H,11H2,1-3H3,(H,22,25)(H,21,23,24). The van der Waals surface area contributed by atoms with Gasteiger partial charge >= 0.3 is 0 Å². The van der Waals surface area contributed by atoms with E-state index in [2.05, 4.69) is 29.5 Å². The first kappa shape index (κ1) is 18.1. The Morgan fingerprint density at radius 1 is 1.08 bits per heavy atom. The van der Waals surface area contributed by atoms with Crippen molar-refractivity contribution in [2.75, 3.05) is 10.6 Å². The average Bonchev–Trinajstić information content (AvgIpc) is 2.95. The second-order valence-electron chi connectivity index (χ2n) is 6.50. The summed E-state index contributed by atoms with van der Waals surface area (Å²) in [7, 11) is 0. The van der Waals surface area contributed by atoms with Gasteiger partial charge in [-0.25, -0.2) is 4.98 Å². The fourth-order valence-electron chi connectivity index (χ4n) is 2.62. The van der Waals surface area contributed by atoms with Crippen LogP contribution < -0.4 is 10.6 Å². The van der Waals surface area contributed by atoms with E-state index >= 15 is 0 Å². The highest BCUT2D eigenvalue weighted by molar-refractivity contribution is 7.22. The number of nitrogens with one attached hydrogen (secondary N) is 2. The molecule has 0 aliphatic rings. The molecule has 5 nitrogen and oxygen atoms in total. The maximum absolute atomic E-state index is 12.3. The molecular formula is C20H21N3O2S. The Bertz CT molecular complexity index is 945. The molecule has 0 radical (unpaired) electrons. The largest absolute Gasteiger partial charge is 0.326 e. The van der Waals surface area contributed by atoms with Gasteiger partial charge in [-0.3, -0.25) is 9.59 Å². The van der Waals surface area contributed by atoms with Gasteiger partial charge in [-0.2, -0.15) is 0 Å². The third-order valence-electron chi connectivity index (χ3n) is 3.96. The molecule has 0 atom stereocenters. The first-order valence-corrected chi connectivity index (χ1v) is 9.29. The van der Waals surface area contributed by atoms with Gasteiger partial charge in [-0.15, -0.1) is 0 Å². The third-order valence-corrected chi connectivity index (χ3v) is 4.90. The van der Waals surface area contributed by atoms with E-state index in [1.165, 1.54) is 23.8 Å². The molecule has 6 heteroatoms. The zero-order valence-electron chi connectivity index (χ0n) is 15.0. The van der Waals surface area contributed by atoms with Crippen LogP contribution in [0.2, 0.25) is 0 Å². The first-order chi connectivity index (χ1) is 12.4. The Morgan fingerprint density at radius 3 is 2.46 bits per heavy atom. The summed E-state index contributed by atoms with van der Waals surface area (Å²) < 4.78 is 0.945. The van der Waals surface area contributed by atoms with Crippen LogP contribution >= 0.6 is 11.3 Å². The summed E-state index contributed by atoms with van der Waals surface area (Å²) in [6, 6.07) is 13.6. The van der Waals surface area contributed by atoms with E-state index in [-0.39, 0.29) is 18.2 Å². The SMILES string of the molecule is CC(=O)Nc1nc2ccc(CC(=O)Nc3ccc(C(C)C)cc3)cc2s1. The van der Waals surface area contributed by atoms with Crippen molar-refractivity contribution in [1.82, 2.24) is 4.98 Å². The summed E-state index contributed by atoms with van der Waals surface area (Å²) in [6.07, 6.45) is 0.287. The number of fused-ring (bicyclic) bond motifs is 1. The number of aromatic nitrogens is 1. The summed E-state index contributed by atoms with van der Waals surface area (Å²) >= 11 is 1.40. The number of carbonyl (C=O) groups excluding carboxylic acids is 2. The molecule has 0 unspecified atom stereocenters. The molecule has 2 aromatic carbocycles. The Hall–Kier alpha value is -2.73. The van der Waals surface area contributed by atoms with Crippen LogP contribution in [0.15, 0.2) is 42.5 Å². The topological polar surface area (TPSA) is 71.1 Å². The molecule has 0 spiro atoms. The van der Waals surface area contributed by atoms with Crippen LogP contribution in [-0.2, 0) is 16.0 Å². The summed E-state index contributed by atoms with van der Waals surface area (Å²) in [4.78, 5) is 27.8. The predicted octanol–water partition coefficient (Wildman–Crippen LogP) is 4.56. The molecule has 0 aliphatic carbocycles. The zero-order valence-corrected chi connectivity index (χ0v) is 15.8. The number of hydrogen-bond donors (Lipinski definition) is 2. The van der Waals surface area contributed by atoms with Gasteiger partial charge in [0, 0.05) is 12.6 Å². The average molecular weight is 367 g/mol. The van der Waals surface area contributed by atoms with Crippen molar-refractivity contribution >= 4 is 44.2 Å². The van der Waals surface area contributed by atoms with Crippen LogP contribution in [0.5, 0.6) is 0 Å². The Morgan fingerprint density at radius 2 is 1.81 bits per heavy atom. The second-order valence-corrected chi connectivity index (χ2v) is 7.53. The third kappa shape index (κ3) is 4.46. The van der Waals surface area contributed by atoms with Crippen LogP contribution in [0.25, 0.3) is 10.2 Å². The minimum absolute atomic E-state index is 0.0618. The fraction of sp³-hybridized carbons (Fsp3) is 0.250. The van der Waals surface area contributed by atoms with Crippen molar-refractivity contribution in [3.05, 3.63) is 53.6 Å². The molecule has 2 N–H and O–H groups in total. The van der Waals surface area contributed by atoms with E-state index in [1.54, 1.807) is 0 Å².